The number of benzene rings is 6. The second kappa shape index (κ2) is 11.4. The Morgan fingerprint density at radius 1 is 0.547 bits per heavy atom. The fourth-order valence-corrected chi connectivity index (χ4v) is 9.66. The van der Waals surface area contributed by atoms with E-state index in [1.54, 1.807) is 11.3 Å². The van der Waals surface area contributed by atoms with Crippen LogP contribution in [0, 0.1) is 6.92 Å². The zero-order valence-corrected chi connectivity index (χ0v) is 29.8. The maximum Gasteiger partial charge on any atom is 0.155 e. The molecule has 0 saturated heterocycles. The highest BCUT2D eigenvalue weighted by Crippen LogP contribution is 2.41. The number of hydrogen-bond acceptors (Lipinski definition) is 2. The molecule has 11 rings (SSSR count). The van der Waals surface area contributed by atoms with Crippen LogP contribution in [-0.2, 0) is 0 Å². The van der Waals surface area contributed by atoms with Crippen molar-refractivity contribution in [2.75, 3.05) is 0 Å². The first-order valence-electron chi connectivity index (χ1n) is 17.9. The van der Waals surface area contributed by atoms with Crippen molar-refractivity contribution in [2.24, 2.45) is 0 Å². The van der Waals surface area contributed by atoms with E-state index in [1.165, 1.54) is 63.9 Å². The smallest absolute Gasteiger partial charge is 0.155 e. The topological polar surface area (TPSA) is 27.7 Å². The molecule has 6 aromatic carbocycles. The Morgan fingerprint density at radius 3 is 1.64 bits per heavy atom. The first-order chi connectivity index (χ1) is 26.2. The van der Waals surface area contributed by atoms with Gasteiger partial charge in [0.25, 0.3) is 0 Å². The SMILES string of the molecule is C=C(/C=C\c1sc2c(-n3c4ccccc4c4cc(-n5c6ccccc6c6ccccc65)ccc43)nccc2c1C)n1c2ccccc2c2ccccc21. The lowest BCUT2D eigenvalue weighted by molar-refractivity contribution is 1.10. The average Bonchev–Trinajstić information content (AvgIpc) is 3.93. The molecule has 4 nitrogen and oxygen atoms in total. The van der Waals surface area contributed by atoms with Crippen molar-refractivity contribution in [3.05, 3.63) is 175 Å². The minimum absolute atomic E-state index is 0.930. The molecule has 0 radical (unpaired) electrons. The molecule has 11 aromatic rings. The number of thiophene rings is 1. The van der Waals surface area contributed by atoms with Crippen molar-refractivity contribution in [2.45, 2.75) is 6.92 Å². The van der Waals surface area contributed by atoms with Crippen LogP contribution in [-0.4, -0.2) is 18.7 Å². The Kier molecular flexibility index (Phi) is 6.45. The van der Waals surface area contributed by atoms with Crippen LogP contribution in [0.25, 0.3) is 98.8 Å². The molecule has 0 atom stereocenters. The van der Waals surface area contributed by atoms with Gasteiger partial charge in [0.15, 0.2) is 5.82 Å². The molecule has 0 aliphatic carbocycles. The quantitative estimate of drug-likeness (QED) is 0.165. The predicted octanol–water partition coefficient (Wildman–Crippen LogP) is 13.1. The van der Waals surface area contributed by atoms with Gasteiger partial charge in [-0.25, -0.2) is 4.98 Å². The summed E-state index contributed by atoms with van der Waals surface area (Å²) in [5, 5.41) is 8.63. The van der Waals surface area contributed by atoms with E-state index in [0.717, 1.165) is 39.3 Å². The molecular formula is C48H32N4S. The molecule has 0 spiro atoms. The number of allylic oxidation sites excluding steroid dienone is 2. The van der Waals surface area contributed by atoms with Gasteiger partial charge in [0.05, 0.1) is 37.8 Å². The van der Waals surface area contributed by atoms with Gasteiger partial charge in [0.1, 0.15) is 0 Å². The molecule has 5 heteroatoms. The van der Waals surface area contributed by atoms with Crippen LogP contribution in [0.2, 0.25) is 0 Å². The lowest BCUT2D eigenvalue weighted by Gasteiger charge is -2.10. The van der Waals surface area contributed by atoms with Crippen LogP contribution in [0.15, 0.2) is 164 Å². The molecule has 0 aliphatic heterocycles. The summed E-state index contributed by atoms with van der Waals surface area (Å²) < 4.78 is 8.18. The van der Waals surface area contributed by atoms with Gasteiger partial charge in [-0.3, -0.25) is 4.57 Å². The molecule has 53 heavy (non-hydrogen) atoms. The Labute approximate surface area is 309 Å². The highest BCUT2D eigenvalue weighted by Gasteiger charge is 2.20. The molecule has 0 unspecified atom stereocenters. The molecule has 5 heterocycles. The zero-order valence-electron chi connectivity index (χ0n) is 29.0. The third kappa shape index (κ3) is 4.32. The van der Waals surface area contributed by atoms with E-state index in [0.29, 0.717) is 0 Å². The van der Waals surface area contributed by atoms with E-state index in [9.17, 15) is 0 Å². The minimum atomic E-state index is 0.930. The van der Waals surface area contributed by atoms with Crippen molar-refractivity contribution in [1.29, 1.82) is 0 Å². The van der Waals surface area contributed by atoms with Gasteiger partial charge in [-0.15, -0.1) is 11.3 Å². The first kappa shape index (κ1) is 30.0. The minimum Gasteiger partial charge on any atom is -0.310 e. The third-order valence-electron chi connectivity index (χ3n) is 10.9. The van der Waals surface area contributed by atoms with Gasteiger partial charge in [-0.2, -0.15) is 0 Å². The largest absolute Gasteiger partial charge is 0.310 e. The standard InChI is InChI=1S/C48H32N4S/c1-30(50-40-18-8-3-13-34(40)35-14-4-9-19-41(35)50)23-26-46-31(2)33-27-28-49-48(47(33)53-46)52-44-22-12-7-17-38(44)39-29-32(24-25-45(39)52)51-42-20-10-5-15-36(42)37-16-6-11-21-43(37)51/h3-29H,1H2,2H3/b26-23-. The fraction of sp³-hybridized carbons (Fsp3) is 0.0208. The summed E-state index contributed by atoms with van der Waals surface area (Å²) in [5.74, 6) is 0.951. The van der Waals surface area contributed by atoms with E-state index in [1.807, 2.05) is 6.20 Å². The number of hydrogen-bond donors (Lipinski definition) is 0. The molecule has 5 aromatic heterocycles. The van der Waals surface area contributed by atoms with Gasteiger partial charge in [0.2, 0.25) is 0 Å². The number of rotatable bonds is 5. The highest BCUT2D eigenvalue weighted by atomic mass is 32.1. The summed E-state index contributed by atoms with van der Waals surface area (Å²) in [7, 11) is 0. The van der Waals surface area contributed by atoms with Crippen LogP contribution in [0.4, 0.5) is 0 Å². The van der Waals surface area contributed by atoms with Crippen LogP contribution >= 0.6 is 11.3 Å². The first-order valence-corrected chi connectivity index (χ1v) is 18.7. The van der Waals surface area contributed by atoms with Crippen molar-refractivity contribution < 1.29 is 0 Å². The maximum atomic E-state index is 5.08. The number of para-hydroxylation sites is 5. The Balaban J connectivity index is 1.06. The summed E-state index contributed by atoms with van der Waals surface area (Å²) in [6.45, 7) is 6.76. The maximum absolute atomic E-state index is 5.08. The second-order valence-electron chi connectivity index (χ2n) is 13.7. The van der Waals surface area contributed by atoms with Gasteiger partial charge in [-0.05, 0) is 79.2 Å². The summed E-state index contributed by atoms with van der Waals surface area (Å²) in [5.41, 5.74) is 10.3. The predicted molar refractivity (Wildman–Crippen MR) is 227 cm³/mol. The van der Waals surface area contributed by atoms with E-state index >= 15 is 0 Å². The van der Waals surface area contributed by atoms with Crippen LogP contribution < -0.4 is 0 Å². The molecule has 0 saturated carbocycles. The van der Waals surface area contributed by atoms with Gasteiger partial charge >= 0.3 is 0 Å². The molecular weight excluding hydrogens is 665 g/mol. The molecule has 0 fully saturated rings. The summed E-state index contributed by atoms with van der Waals surface area (Å²) in [4.78, 5) is 6.28. The number of pyridine rings is 1. The molecule has 0 amide bonds. The van der Waals surface area contributed by atoms with E-state index in [-0.39, 0.29) is 0 Å². The van der Waals surface area contributed by atoms with Gasteiger partial charge < -0.3 is 9.13 Å². The number of fused-ring (bicyclic) bond motifs is 10. The van der Waals surface area contributed by atoms with Gasteiger partial charge in [0, 0.05) is 60.2 Å². The van der Waals surface area contributed by atoms with Crippen molar-refractivity contribution in [3.8, 4) is 11.5 Å². The lowest BCUT2D eigenvalue weighted by Crippen LogP contribution is -1.98. The summed E-state index contributed by atoms with van der Waals surface area (Å²) in [6, 6.07) is 52.2. The van der Waals surface area contributed by atoms with Crippen molar-refractivity contribution in [3.63, 3.8) is 0 Å². The average molecular weight is 697 g/mol. The van der Waals surface area contributed by atoms with Crippen LogP contribution in [0.5, 0.6) is 0 Å². The van der Waals surface area contributed by atoms with E-state index < -0.39 is 0 Å². The molecule has 0 N–H and O–H groups in total. The van der Waals surface area contributed by atoms with E-state index in [4.69, 9.17) is 4.98 Å². The van der Waals surface area contributed by atoms with Crippen molar-refractivity contribution in [1.82, 2.24) is 18.7 Å². The van der Waals surface area contributed by atoms with Crippen molar-refractivity contribution >= 4 is 98.6 Å². The fourth-order valence-electron chi connectivity index (χ4n) is 8.48. The zero-order chi connectivity index (χ0) is 35.2. The van der Waals surface area contributed by atoms with Gasteiger partial charge in [-0.1, -0.05) is 97.6 Å². The van der Waals surface area contributed by atoms with Crippen LogP contribution in [0.1, 0.15) is 10.4 Å². The Hall–Kier alpha value is -6.69. The number of nitrogens with zero attached hydrogens (tertiary/aromatic N) is 4. The number of aryl methyl sites for hydroxylation is 1. The normalized spacial score (nSPS) is 12.2. The third-order valence-corrected chi connectivity index (χ3v) is 12.1. The molecule has 250 valence electrons. The van der Waals surface area contributed by atoms with Crippen LogP contribution in [0.3, 0.4) is 0 Å². The highest BCUT2D eigenvalue weighted by molar-refractivity contribution is 7.20. The Morgan fingerprint density at radius 2 is 1.04 bits per heavy atom. The van der Waals surface area contributed by atoms with E-state index in [2.05, 4.69) is 185 Å². The molecule has 0 bridgehead atoms. The Bertz CT molecular complexity index is 3220. The lowest BCUT2D eigenvalue weighted by atomic mass is 10.1. The monoisotopic (exact) mass is 696 g/mol. The summed E-state index contributed by atoms with van der Waals surface area (Å²) >= 11 is 1.79. The molecule has 0 aliphatic rings. The summed E-state index contributed by atoms with van der Waals surface area (Å²) in [6.07, 6.45) is 6.33. The number of aromatic nitrogens is 4. The second-order valence-corrected chi connectivity index (χ2v) is 14.8.